The van der Waals surface area contributed by atoms with Crippen LogP contribution in [0.25, 0.3) is 0 Å². The number of nitrogens with zero attached hydrogens (tertiary/aromatic N) is 1. The second kappa shape index (κ2) is 6.39. The molecule has 2 nitrogen and oxygen atoms in total. The Morgan fingerprint density at radius 3 is 2.71 bits per heavy atom. The Labute approximate surface area is 133 Å². The minimum absolute atomic E-state index is 0.413. The quantitative estimate of drug-likeness (QED) is 0.884. The zero-order valence-electron chi connectivity index (χ0n) is 13.8. The third-order valence-corrected chi connectivity index (χ3v) is 6.47. The minimum atomic E-state index is 0.413. The van der Waals surface area contributed by atoms with Crippen LogP contribution in [0.5, 0.6) is 0 Å². The average molecular weight is 307 g/mol. The molecule has 1 aliphatic heterocycles. The number of hydrogen-bond acceptors (Lipinski definition) is 3. The maximum atomic E-state index is 3.93. The molecule has 2 heterocycles. The molecule has 1 aromatic rings. The number of thiophene rings is 1. The van der Waals surface area contributed by atoms with Crippen LogP contribution in [0.4, 0.5) is 0 Å². The van der Waals surface area contributed by atoms with E-state index in [1.54, 1.807) is 4.88 Å². The number of hydrogen-bond donors (Lipinski definition) is 1. The fraction of sp³-hybridized carbons (Fsp3) is 0.778. The molecule has 0 radical (unpaired) electrons. The summed E-state index contributed by atoms with van der Waals surface area (Å²) in [4.78, 5) is 4.40. The van der Waals surface area contributed by atoms with Crippen LogP contribution in [0.2, 0.25) is 0 Å². The van der Waals surface area contributed by atoms with Crippen LogP contribution in [0.3, 0.4) is 0 Å². The lowest BCUT2D eigenvalue weighted by atomic mass is 9.88. The molecule has 3 rings (SSSR count). The second-order valence-corrected chi connectivity index (χ2v) is 8.29. The van der Waals surface area contributed by atoms with Crippen molar-refractivity contribution in [3.63, 3.8) is 0 Å². The van der Waals surface area contributed by atoms with E-state index in [2.05, 4.69) is 48.5 Å². The summed E-state index contributed by atoms with van der Waals surface area (Å²) in [7, 11) is 0. The molecule has 1 aliphatic carbocycles. The van der Waals surface area contributed by atoms with Crippen molar-refractivity contribution in [2.75, 3.05) is 13.1 Å². The Morgan fingerprint density at radius 2 is 2.14 bits per heavy atom. The highest BCUT2D eigenvalue weighted by Crippen LogP contribution is 2.40. The van der Waals surface area contributed by atoms with E-state index in [-0.39, 0.29) is 0 Å². The van der Waals surface area contributed by atoms with Crippen LogP contribution < -0.4 is 5.32 Å². The van der Waals surface area contributed by atoms with Crippen LogP contribution in [-0.4, -0.2) is 29.6 Å². The van der Waals surface area contributed by atoms with Crippen molar-refractivity contribution in [3.8, 4) is 0 Å². The van der Waals surface area contributed by atoms with Gasteiger partial charge in [0.2, 0.25) is 0 Å². The van der Waals surface area contributed by atoms with Gasteiger partial charge in [0.1, 0.15) is 0 Å². The molecule has 118 valence electrons. The third kappa shape index (κ3) is 3.06. The maximum Gasteiger partial charge on any atom is 0.0468 e. The summed E-state index contributed by atoms with van der Waals surface area (Å²) in [5.74, 6) is 0.675. The van der Waals surface area contributed by atoms with E-state index in [4.69, 9.17) is 0 Å². The summed E-state index contributed by atoms with van der Waals surface area (Å²) in [5.41, 5.74) is 0.413. The Morgan fingerprint density at radius 1 is 1.38 bits per heavy atom. The lowest BCUT2D eigenvalue weighted by molar-refractivity contribution is 0.0238. The Kier molecular flexibility index (Phi) is 4.72. The zero-order chi connectivity index (χ0) is 14.9. The van der Waals surface area contributed by atoms with Crippen molar-refractivity contribution in [1.82, 2.24) is 10.2 Å². The van der Waals surface area contributed by atoms with E-state index >= 15 is 0 Å². The van der Waals surface area contributed by atoms with E-state index in [1.807, 2.05) is 11.3 Å². The molecule has 1 saturated heterocycles. The molecule has 1 spiro atoms. The summed E-state index contributed by atoms with van der Waals surface area (Å²) in [6.45, 7) is 9.54. The van der Waals surface area contributed by atoms with E-state index in [9.17, 15) is 0 Å². The van der Waals surface area contributed by atoms with Crippen molar-refractivity contribution >= 4 is 11.3 Å². The van der Waals surface area contributed by atoms with Gasteiger partial charge in [-0.2, -0.15) is 0 Å². The summed E-state index contributed by atoms with van der Waals surface area (Å²) in [6, 6.07) is 5.83. The van der Waals surface area contributed by atoms with Crippen LogP contribution in [-0.2, 0) is 0 Å². The smallest absolute Gasteiger partial charge is 0.0468 e. The lowest BCUT2D eigenvalue weighted by Gasteiger charge is -2.50. The van der Waals surface area contributed by atoms with Crippen molar-refractivity contribution in [3.05, 3.63) is 22.4 Å². The monoisotopic (exact) mass is 306 g/mol. The minimum Gasteiger partial charge on any atom is -0.308 e. The normalized spacial score (nSPS) is 27.5. The molecule has 1 N–H and O–H groups in total. The Hall–Kier alpha value is -0.380. The van der Waals surface area contributed by atoms with Gasteiger partial charge in [-0.25, -0.2) is 0 Å². The van der Waals surface area contributed by atoms with Gasteiger partial charge in [0.05, 0.1) is 0 Å². The number of piperazine rings is 1. The van der Waals surface area contributed by atoms with Crippen molar-refractivity contribution in [1.29, 1.82) is 0 Å². The van der Waals surface area contributed by atoms with Crippen molar-refractivity contribution in [2.24, 2.45) is 5.92 Å². The molecule has 0 amide bonds. The first kappa shape index (κ1) is 15.5. The molecular formula is C18H30N2S. The molecule has 0 aromatic carbocycles. The van der Waals surface area contributed by atoms with Gasteiger partial charge in [-0.1, -0.05) is 39.7 Å². The topological polar surface area (TPSA) is 15.3 Å². The largest absolute Gasteiger partial charge is 0.308 e. The molecule has 21 heavy (non-hydrogen) atoms. The Balaban J connectivity index is 1.87. The van der Waals surface area contributed by atoms with Gasteiger partial charge in [-0.15, -0.1) is 11.3 Å². The zero-order valence-corrected chi connectivity index (χ0v) is 14.6. The summed E-state index contributed by atoms with van der Waals surface area (Å²) in [6.07, 6.45) is 6.80. The molecule has 1 aromatic heterocycles. The van der Waals surface area contributed by atoms with Gasteiger partial charge in [0.15, 0.2) is 0 Å². The summed E-state index contributed by atoms with van der Waals surface area (Å²) < 4.78 is 0. The predicted molar refractivity (Wildman–Crippen MR) is 91.9 cm³/mol. The molecule has 2 unspecified atom stereocenters. The van der Waals surface area contributed by atoms with E-state index in [1.165, 1.54) is 45.2 Å². The molecular weight excluding hydrogens is 276 g/mol. The summed E-state index contributed by atoms with van der Waals surface area (Å²) >= 11 is 1.93. The predicted octanol–water partition coefficient (Wildman–Crippen LogP) is 4.44. The number of rotatable bonds is 4. The second-order valence-electron chi connectivity index (χ2n) is 7.31. The third-order valence-electron chi connectivity index (χ3n) is 5.52. The SMILES string of the molecule is CCC1CNC2(CCCC2)CN1C(c1cccs1)C(C)C. The highest BCUT2D eigenvalue weighted by atomic mass is 32.1. The highest BCUT2D eigenvalue weighted by Gasteiger charge is 2.43. The van der Waals surface area contributed by atoms with Crippen molar-refractivity contribution in [2.45, 2.75) is 70.5 Å². The van der Waals surface area contributed by atoms with E-state index in [0.29, 0.717) is 23.5 Å². The molecule has 0 bridgehead atoms. The Bertz CT molecular complexity index is 434. The van der Waals surface area contributed by atoms with E-state index < -0.39 is 0 Å². The van der Waals surface area contributed by atoms with Gasteiger partial charge >= 0.3 is 0 Å². The van der Waals surface area contributed by atoms with Gasteiger partial charge in [0, 0.05) is 35.6 Å². The van der Waals surface area contributed by atoms with Gasteiger partial charge < -0.3 is 5.32 Å². The van der Waals surface area contributed by atoms with Crippen LogP contribution >= 0.6 is 11.3 Å². The first-order valence-corrected chi connectivity index (χ1v) is 9.57. The first-order chi connectivity index (χ1) is 10.2. The number of nitrogens with one attached hydrogen (secondary N) is 1. The maximum absolute atomic E-state index is 3.93. The molecule has 2 aliphatic rings. The first-order valence-electron chi connectivity index (χ1n) is 8.69. The molecule has 2 atom stereocenters. The molecule has 3 heteroatoms. The van der Waals surface area contributed by atoms with Crippen LogP contribution in [0.15, 0.2) is 17.5 Å². The highest BCUT2D eigenvalue weighted by molar-refractivity contribution is 7.10. The van der Waals surface area contributed by atoms with Crippen LogP contribution in [0.1, 0.15) is 63.8 Å². The van der Waals surface area contributed by atoms with Gasteiger partial charge in [-0.3, -0.25) is 4.90 Å². The molecule has 2 fully saturated rings. The van der Waals surface area contributed by atoms with Gasteiger partial charge in [-0.05, 0) is 36.6 Å². The summed E-state index contributed by atoms with van der Waals surface area (Å²) in [5, 5.41) is 6.16. The standard InChI is InChI=1S/C18H30N2S/c1-4-15-12-19-18(9-5-6-10-18)13-20(15)17(14(2)3)16-8-7-11-21-16/h7-8,11,14-15,17,19H,4-6,9-10,12-13H2,1-3H3. The lowest BCUT2D eigenvalue weighted by Crippen LogP contribution is -2.63. The van der Waals surface area contributed by atoms with Crippen molar-refractivity contribution < 1.29 is 0 Å². The van der Waals surface area contributed by atoms with Crippen LogP contribution in [0, 0.1) is 5.92 Å². The fourth-order valence-corrected chi connectivity index (χ4v) is 5.43. The van der Waals surface area contributed by atoms with E-state index in [0.717, 1.165) is 0 Å². The fourth-order valence-electron chi connectivity index (χ4n) is 4.41. The molecule has 1 saturated carbocycles. The average Bonchev–Trinajstić information content (AvgIpc) is 3.12. The van der Waals surface area contributed by atoms with Gasteiger partial charge in [0.25, 0.3) is 0 Å².